The second-order valence-corrected chi connectivity index (χ2v) is 8.58. The summed E-state index contributed by atoms with van der Waals surface area (Å²) in [5, 5.41) is 0. The van der Waals surface area contributed by atoms with Crippen LogP contribution in [-0.2, 0) is 28.4 Å². The van der Waals surface area contributed by atoms with Crippen molar-refractivity contribution in [1.29, 1.82) is 0 Å². The first-order chi connectivity index (χ1) is 17.3. The summed E-state index contributed by atoms with van der Waals surface area (Å²) in [6.07, 6.45) is -10.0. The van der Waals surface area contributed by atoms with Crippen LogP contribution in [0.4, 0.5) is 31.1 Å². The first kappa shape index (κ1) is 28.1. The van der Waals surface area contributed by atoms with Crippen LogP contribution in [-0.4, -0.2) is 48.5 Å². The number of hydrogen-bond acceptors (Lipinski definition) is 3. The number of hydrogen-bond donors (Lipinski definition) is 0. The van der Waals surface area contributed by atoms with Gasteiger partial charge in [-0.05, 0) is 54.7 Å². The summed E-state index contributed by atoms with van der Waals surface area (Å²) in [4.78, 5) is 28.3. The number of likely N-dealkylation sites (N-methyl/N-ethyl adjacent to an activating group) is 1. The second kappa shape index (κ2) is 11.3. The van der Waals surface area contributed by atoms with Gasteiger partial charge < -0.3 is 14.5 Å². The van der Waals surface area contributed by atoms with E-state index in [0.717, 1.165) is 10.5 Å². The molecule has 1 aliphatic heterocycles. The van der Waals surface area contributed by atoms with Crippen molar-refractivity contribution in [2.75, 3.05) is 26.7 Å². The zero-order chi connectivity index (χ0) is 27.4. The van der Waals surface area contributed by atoms with Crippen LogP contribution in [0.15, 0.2) is 54.1 Å². The number of carbonyl (C=O) groups excluding carboxylic acids is 2. The van der Waals surface area contributed by atoms with Crippen molar-refractivity contribution in [3.63, 3.8) is 0 Å². The molecule has 0 saturated heterocycles. The van der Waals surface area contributed by atoms with Crippen LogP contribution in [0.5, 0.6) is 0 Å². The summed E-state index contributed by atoms with van der Waals surface area (Å²) in [5.41, 5.74) is -1.46. The van der Waals surface area contributed by atoms with Gasteiger partial charge in [-0.3, -0.25) is 4.79 Å². The van der Waals surface area contributed by atoms with E-state index in [1.807, 2.05) is 0 Å². The molecule has 1 aliphatic rings. The van der Waals surface area contributed by atoms with Crippen LogP contribution in [0.2, 0.25) is 0 Å². The van der Waals surface area contributed by atoms with E-state index in [-0.39, 0.29) is 37.7 Å². The van der Waals surface area contributed by atoms with Crippen LogP contribution in [0.25, 0.3) is 5.57 Å². The van der Waals surface area contributed by atoms with Gasteiger partial charge in [-0.25, -0.2) is 4.79 Å². The number of alkyl halides is 6. The largest absolute Gasteiger partial charge is 0.450 e. The van der Waals surface area contributed by atoms with Crippen LogP contribution in [0, 0.1) is 0 Å². The van der Waals surface area contributed by atoms with E-state index in [1.165, 1.54) is 11.9 Å². The molecule has 0 saturated carbocycles. The summed E-state index contributed by atoms with van der Waals surface area (Å²) < 4.78 is 84.7. The SMILES string of the molecule is CCOC(=O)N1CCC(C(=O)N(C)Cc2cc(C(F)(F)F)cc(C(F)(F)F)c2)=C(c2ccccc2)CC1. The number of carbonyl (C=O) groups is 2. The van der Waals surface area contributed by atoms with E-state index in [1.54, 1.807) is 37.3 Å². The van der Waals surface area contributed by atoms with Gasteiger partial charge >= 0.3 is 18.4 Å². The molecule has 0 bridgehead atoms. The number of rotatable bonds is 5. The van der Waals surface area contributed by atoms with Gasteiger partial charge in [0.15, 0.2) is 0 Å². The number of nitrogens with zero attached hydrogens (tertiary/aromatic N) is 2. The van der Waals surface area contributed by atoms with Gasteiger partial charge in [0.2, 0.25) is 5.91 Å². The molecule has 0 fully saturated rings. The molecule has 0 atom stereocenters. The highest BCUT2D eigenvalue weighted by molar-refractivity contribution is 6.01. The molecular weight excluding hydrogens is 502 g/mol. The Bertz CT molecular complexity index is 1130. The third-order valence-corrected chi connectivity index (χ3v) is 5.95. The lowest BCUT2D eigenvalue weighted by atomic mass is 9.95. The van der Waals surface area contributed by atoms with Gasteiger partial charge in [0.25, 0.3) is 0 Å². The zero-order valence-electron chi connectivity index (χ0n) is 20.2. The molecule has 0 aliphatic carbocycles. The van der Waals surface area contributed by atoms with Crippen molar-refractivity contribution >= 4 is 17.6 Å². The molecule has 0 N–H and O–H groups in total. The Morgan fingerprint density at radius 3 is 2.03 bits per heavy atom. The first-order valence-corrected chi connectivity index (χ1v) is 11.5. The maximum atomic E-state index is 13.5. The van der Waals surface area contributed by atoms with Crippen LogP contribution < -0.4 is 0 Å². The minimum atomic E-state index is -4.99. The van der Waals surface area contributed by atoms with Crippen molar-refractivity contribution < 1.29 is 40.7 Å². The molecule has 3 rings (SSSR count). The summed E-state index contributed by atoms with van der Waals surface area (Å²) >= 11 is 0. The summed E-state index contributed by atoms with van der Waals surface area (Å²) in [6, 6.07) is 10.2. The summed E-state index contributed by atoms with van der Waals surface area (Å²) in [6.45, 7) is 1.84. The zero-order valence-corrected chi connectivity index (χ0v) is 20.2. The summed E-state index contributed by atoms with van der Waals surface area (Å²) in [5.74, 6) is -0.546. The molecule has 0 spiro atoms. The highest BCUT2D eigenvalue weighted by Gasteiger charge is 2.37. The normalized spacial score (nSPS) is 14.9. The van der Waals surface area contributed by atoms with Gasteiger partial charge in [0.1, 0.15) is 0 Å². The number of amides is 2. The average Bonchev–Trinajstić information content (AvgIpc) is 3.06. The smallest absolute Gasteiger partial charge is 0.416 e. The minimum absolute atomic E-state index is 0.0522. The first-order valence-electron chi connectivity index (χ1n) is 11.5. The van der Waals surface area contributed by atoms with Crippen molar-refractivity contribution in [1.82, 2.24) is 9.80 Å². The lowest BCUT2D eigenvalue weighted by Crippen LogP contribution is -2.33. The third kappa shape index (κ3) is 7.05. The molecule has 37 heavy (non-hydrogen) atoms. The lowest BCUT2D eigenvalue weighted by Gasteiger charge is -2.22. The number of ether oxygens (including phenoxy) is 1. The predicted molar refractivity (Wildman–Crippen MR) is 124 cm³/mol. The Hall–Kier alpha value is -3.50. The highest BCUT2D eigenvalue weighted by Crippen LogP contribution is 2.37. The predicted octanol–water partition coefficient (Wildman–Crippen LogP) is 6.39. The fourth-order valence-corrected chi connectivity index (χ4v) is 4.19. The number of halogens is 6. The van der Waals surface area contributed by atoms with E-state index in [9.17, 15) is 35.9 Å². The van der Waals surface area contributed by atoms with Gasteiger partial charge in [0, 0.05) is 32.3 Å². The Balaban J connectivity index is 1.94. The molecule has 2 amide bonds. The van der Waals surface area contributed by atoms with Gasteiger partial charge in [-0.1, -0.05) is 30.3 Å². The van der Waals surface area contributed by atoms with Crippen molar-refractivity contribution in [2.45, 2.75) is 38.7 Å². The van der Waals surface area contributed by atoms with E-state index in [2.05, 4.69) is 0 Å². The third-order valence-electron chi connectivity index (χ3n) is 5.95. The fourth-order valence-electron chi connectivity index (χ4n) is 4.19. The quantitative estimate of drug-likeness (QED) is 0.423. The van der Waals surface area contributed by atoms with Crippen molar-refractivity contribution in [3.05, 3.63) is 76.4 Å². The van der Waals surface area contributed by atoms with E-state index in [4.69, 9.17) is 4.74 Å². The molecule has 11 heteroatoms. The molecule has 0 unspecified atom stereocenters. The molecular formula is C26H26F6N2O3. The Morgan fingerprint density at radius 1 is 0.919 bits per heavy atom. The van der Waals surface area contributed by atoms with E-state index in [0.29, 0.717) is 29.7 Å². The Morgan fingerprint density at radius 2 is 1.49 bits per heavy atom. The van der Waals surface area contributed by atoms with E-state index >= 15 is 0 Å². The van der Waals surface area contributed by atoms with Crippen LogP contribution in [0.1, 0.15) is 42.0 Å². The maximum absolute atomic E-state index is 13.5. The molecule has 5 nitrogen and oxygen atoms in total. The lowest BCUT2D eigenvalue weighted by molar-refractivity contribution is -0.143. The van der Waals surface area contributed by atoms with E-state index < -0.39 is 42.0 Å². The van der Waals surface area contributed by atoms with Gasteiger partial charge in [0.05, 0.1) is 17.7 Å². The Kier molecular flexibility index (Phi) is 8.55. The molecule has 1 heterocycles. The fraction of sp³-hybridized carbons (Fsp3) is 0.385. The van der Waals surface area contributed by atoms with Crippen molar-refractivity contribution in [2.24, 2.45) is 0 Å². The average molecular weight is 528 g/mol. The standard InChI is InChI=1S/C26H26F6N2O3/c1-3-37-24(36)34-11-9-21(18-7-5-4-6-8-18)22(10-12-34)23(35)33(2)16-17-13-19(25(27,28)29)15-20(14-17)26(30,31)32/h4-8,13-15H,3,9-12,16H2,1-2H3. The van der Waals surface area contributed by atoms with Gasteiger partial charge in [-0.15, -0.1) is 0 Å². The monoisotopic (exact) mass is 528 g/mol. The molecule has 0 aromatic heterocycles. The number of benzene rings is 2. The Labute approximate surface area is 210 Å². The molecule has 2 aromatic carbocycles. The van der Waals surface area contributed by atoms with Crippen molar-refractivity contribution in [3.8, 4) is 0 Å². The van der Waals surface area contributed by atoms with Gasteiger partial charge in [-0.2, -0.15) is 26.3 Å². The van der Waals surface area contributed by atoms with Crippen LogP contribution in [0.3, 0.4) is 0 Å². The summed E-state index contributed by atoms with van der Waals surface area (Å²) in [7, 11) is 1.32. The van der Waals surface area contributed by atoms with Crippen LogP contribution >= 0.6 is 0 Å². The minimum Gasteiger partial charge on any atom is -0.450 e. The molecule has 0 radical (unpaired) electrons. The maximum Gasteiger partial charge on any atom is 0.416 e. The topological polar surface area (TPSA) is 49.9 Å². The highest BCUT2D eigenvalue weighted by atomic mass is 19.4. The molecule has 2 aromatic rings. The second-order valence-electron chi connectivity index (χ2n) is 8.58. The molecule has 200 valence electrons.